The number of rotatable bonds is 7. The summed E-state index contributed by atoms with van der Waals surface area (Å²) in [6.07, 6.45) is 0.889. The molecule has 2 bridgehead atoms. The second-order valence-electron chi connectivity index (χ2n) is 9.59. The summed E-state index contributed by atoms with van der Waals surface area (Å²) in [5.41, 5.74) is -0.599. The molecule has 3 saturated heterocycles. The first kappa shape index (κ1) is 24.2. The molecule has 0 unspecified atom stereocenters. The van der Waals surface area contributed by atoms with Crippen LogP contribution in [0.2, 0.25) is 0 Å². The highest BCUT2D eigenvalue weighted by molar-refractivity contribution is 7.80. The number of nitrogens with one attached hydrogen (secondary N) is 1. The number of nitrogens with zero attached hydrogens (tertiary/aromatic N) is 5. The predicted octanol–water partition coefficient (Wildman–Crippen LogP) is 1.22. The smallest absolute Gasteiger partial charge is 0.418 e. The number of aromatic nitrogens is 2. The molecule has 4 heterocycles. The van der Waals surface area contributed by atoms with E-state index in [1.165, 1.54) is 4.90 Å². The van der Waals surface area contributed by atoms with Gasteiger partial charge in [-0.1, -0.05) is 6.58 Å². The first-order valence-corrected chi connectivity index (χ1v) is 12.2. The van der Waals surface area contributed by atoms with Gasteiger partial charge in [-0.3, -0.25) is 9.87 Å². The number of likely N-dealkylation sites (tertiary alicyclic amines) is 1. The fourth-order valence-corrected chi connectivity index (χ4v) is 4.63. The largest absolute Gasteiger partial charge is 0.444 e. The molecule has 1 aromatic heterocycles. The van der Waals surface area contributed by atoms with Gasteiger partial charge in [-0.25, -0.2) is 9.59 Å². The number of carbonyl (C=O) groups is 2. The van der Waals surface area contributed by atoms with Crippen molar-refractivity contribution in [3.8, 4) is 0 Å². The Morgan fingerprint density at radius 3 is 2.62 bits per heavy atom. The maximum Gasteiger partial charge on any atom is 0.418 e. The van der Waals surface area contributed by atoms with E-state index in [2.05, 4.69) is 26.4 Å². The molecule has 3 aliphatic heterocycles. The summed E-state index contributed by atoms with van der Waals surface area (Å²) in [5.74, 6) is 1.36. The van der Waals surface area contributed by atoms with Gasteiger partial charge in [0.2, 0.25) is 11.8 Å². The van der Waals surface area contributed by atoms with Crippen LogP contribution >= 0.6 is 0 Å². The number of carbonyl (C=O) groups excluding carboxylic acids is 2. The van der Waals surface area contributed by atoms with Crippen LogP contribution in [0.3, 0.4) is 0 Å². The summed E-state index contributed by atoms with van der Waals surface area (Å²) >= 11 is 0. The Balaban J connectivity index is 1.28. The van der Waals surface area contributed by atoms with Gasteiger partial charge in [0.25, 0.3) is 0 Å². The average molecular weight is 501 g/mol. The number of fused-ring (bicyclic) bond motifs is 2. The number of piperidine rings is 1. The SMILES string of the molecule is C=C(NC(=O)OC(C)(C)C)N1CC(Cc2nnc([C@@H]3CC[C@@H]4CN3C(=O)N4OS(=O)(=O)O)o2)C1. The fourth-order valence-electron chi connectivity index (χ4n) is 4.24. The summed E-state index contributed by atoms with van der Waals surface area (Å²) in [7, 11) is -4.81. The van der Waals surface area contributed by atoms with Crippen LogP contribution in [0.5, 0.6) is 0 Å². The Morgan fingerprint density at radius 1 is 1.26 bits per heavy atom. The van der Waals surface area contributed by atoms with Gasteiger partial charge in [-0.05, 0) is 33.6 Å². The van der Waals surface area contributed by atoms with Crippen molar-refractivity contribution >= 4 is 22.5 Å². The van der Waals surface area contributed by atoms with E-state index < -0.39 is 40.2 Å². The monoisotopic (exact) mass is 500 g/mol. The van der Waals surface area contributed by atoms with Gasteiger partial charge in [0, 0.05) is 32.0 Å². The van der Waals surface area contributed by atoms with E-state index in [1.807, 2.05) is 4.90 Å². The van der Waals surface area contributed by atoms with Gasteiger partial charge in [0.05, 0.1) is 6.04 Å². The molecular weight excluding hydrogens is 472 g/mol. The van der Waals surface area contributed by atoms with Crippen LogP contribution in [0.15, 0.2) is 16.8 Å². The molecule has 0 aliphatic carbocycles. The molecule has 34 heavy (non-hydrogen) atoms. The van der Waals surface area contributed by atoms with Gasteiger partial charge < -0.3 is 19.0 Å². The molecule has 0 radical (unpaired) electrons. The minimum absolute atomic E-state index is 0.216. The zero-order valence-corrected chi connectivity index (χ0v) is 19.9. The highest BCUT2D eigenvalue weighted by atomic mass is 32.3. The van der Waals surface area contributed by atoms with E-state index in [0.717, 1.165) is 0 Å². The van der Waals surface area contributed by atoms with Crippen LogP contribution in [0.1, 0.15) is 51.4 Å². The maximum absolute atomic E-state index is 12.6. The lowest BCUT2D eigenvalue weighted by atomic mass is 9.96. The molecular formula is C19H28N6O8S. The predicted molar refractivity (Wildman–Crippen MR) is 114 cm³/mol. The molecule has 3 aliphatic rings. The van der Waals surface area contributed by atoms with Crippen molar-refractivity contribution in [1.29, 1.82) is 0 Å². The summed E-state index contributed by atoms with van der Waals surface area (Å²) in [5, 5.41) is 11.5. The summed E-state index contributed by atoms with van der Waals surface area (Å²) in [6, 6.07) is -1.68. The minimum Gasteiger partial charge on any atom is -0.444 e. The molecule has 15 heteroatoms. The number of urea groups is 1. The third kappa shape index (κ3) is 5.42. The zero-order chi connectivity index (χ0) is 24.8. The van der Waals surface area contributed by atoms with E-state index in [1.54, 1.807) is 20.8 Å². The lowest BCUT2D eigenvalue weighted by molar-refractivity contribution is -0.0317. The van der Waals surface area contributed by atoms with E-state index in [9.17, 15) is 18.0 Å². The third-order valence-corrected chi connectivity index (χ3v) is 6.06. The first-order valence-electron chi connectivity index (χ1n) is 10.8. The maximum atomic E-state index is 12.6. The molecule has 2 atom stereocenters. The Labute approximate surface area is 196 Å². The highest BCUT2D eigenvalue weighted by Crippen LogP contribution is 2.38. The van der Waals surface area contributed by atoms with Gasteiger partial charge in [0.1, 0.15) is 17.5 Å². The van der Waals surface area contributed by atoms with Gasteiger partial charge in [-0.2, -0.15) is 13.5 Å². The Kier molecular flexibility index (Phi) is 6.20. The van der Waals surface area contributed by atoms with Crippen LogP contribution in [0.4, 0.5) is 9.59 Å². The number of hydrogen-bond acceptors (Lipinski definition) is 10. The zero-order valence-electron chi connectivity index (χ0n) is 19.1. The quantitative estimate of drug-likeness (QED) is 0.516. The number of amides is 3. The molecule has 188 valence electrons. The second kappa shape index (κ2) is 8.70. The van der Waals surface area contributed by atoms with Crippen molar-refractivity contribution in [3.05, 3.63) is 24.2 Å². The van der Waals surface area contributed by atoms with Crippen LogP contribution in [0.25, 0.3) is 0 Å². The average Bonchev–Trinajstić information content (AvgIpc) is 3.21. The van der Waals surface area contributed by atoms with Gasteiger partial charge in [0.15, 0.2) is 0 Å². The Morgan fingerprint density at radius 2 is 1.97 bits per heavy atom. The summed E-state index contributed by atoms with van der Waals surface area (Å²) in [4.78, 5) is 27.7. The van der Waals surface area contributed by atoms with Crippen molar-refractivity contribution < 1.29 is 36.0 Å². The normalized spacial score (nSPS) is 23.2. The van der Waals surface area contributed by atoms with Gasteiger partial charge >= 0.3 is 22.5 Å². The van der Waals surface area contributed by atoms with Crippen LogP contribution in [-0.4, -0.2) is 81.4 Å². The van der Waals surface area contributed by atoms with Crippen molar-refractivity contribution in [2.75, 3.05) is 19.6 Å². The molecule has 0 saturated carbocycles. The molecule has 0 spiro atoms. The van der Waals surface area contributed by atoms with Gasteiger partial charge in [-0.15, -0.1) is 14.5 Å². The lowest BCUT2D eigenvalue weighted by Crippen LogP contribution is -2.50. The van der Waals surface area contributed by atoms with Crippen molar-refractivity contribution in [3.63, 3.8) is 0 Å². The topological polar surface area (TPSA) is 168 Å². The second-order valence-corrected chi connectivity index (χ2v) is 10.6. The number of alkyl carbamates (subject to hydrolysis) is 1. The van der Waals surface area contributed by atoms with Crippen LogP contribution < -0.4 is 5.32 Å². The number of ether oxygens (including phenoxy) is 1. The fraction of sp³-hybridized carbons (Fsp3) is 0.684. The van der Waals surface area contributed by atoms with Crippen molar-refractivity contribution in [2.24, 2.45) is 5.92 Å². The van der Waals surface area contributed by atoms with Crippen LogP contribution in [-0.2, 0) is 25.8 Å². The summed E-state index contributed by atoms with van der Waals surface area (Å²) < 4.78 is 46.4. The standard InChI is InChI=1S/C19H28N6O8S/c1-11(20-17(26)32-19(2,3)4)23-8-12(9-23)7-15-21-22-16(31-15)14-6-5-13-10-24(14)18(27)25(13)33-34(28,29)30/h12-14H,1,5-10H2,2-4H3,(H,20,26)(H,28,29,30)/t13-,14+/m1/s1. The Hall–Kier alpha value is -2.91. The van der Waals surface area contributed by atoms with Crippen molar-refractivity contribution in [2.45, 2.75) is 57.7 Å². The molecule has 2 N–H and O–H groups in total. The van der Waals surface area contributed by atoms with E-state index >= 15 is 0 Å². The highest BCUT2D eigenvalue weighted by Gasteiger charge is 2.49. The van der Waals surface area contributed by atoms with E-state index in [-0.39, 0.29) is 18.4 Å². The van der Waals surface area contributed by atoms with E-state index in [4.69, 9.17) is 13.7 Å². The van der Waals surface area contributed by atoms with Crippen LogP contribution in [0, 0.1) is 5.92 Å². The lowest BCUT2D eigenvalue weighted by Gasteiger charge is -2.41. The molecule has 3 amide bonds. The third-order valence-electron chi connectivity index (χ3n) is 5.71. The molecule has 0 aromatic carbocycles. The molecule has 14 nitrogen and oxygen atoms in total. The molecule has 3 fully saturated rings. The molecule has 4 rings (SSSR count). The Bertz CT molecular complexity index is 1080. The number of hydroxylamine groups is 2. The number of hydrogen-bond donors (Lipinski definition) is 2. The van der Waals surface area contributed by atoms with E-state index in [0.29, 0.717) is 49.1 Å². The summed E-state index contributed by atoms with van der Waals surface area (Å²) in [6.45, 7) is 10.7. The first-order chi connectivity index (χ1) is 15.8. The molecule has 1 aromatic rings. The van der Waals surface area contributed by atoms with Crippen molar-refractivity contribution in [1.82, 2.24) is 30.4 Å². The minimum atomic E-state index is -4.81.